The highest BCUT2D eigenvalue weighted by Crippen LogP contribution is 2.35. The number of amides is 2. The maximum atomic E-state index is 13.2. The Labute approximate surface area is 195 Å². The maximum absolute atomic E-state index is 13.2. The fourth-order valence-electron chi connectivity index (χ4n) is 3.94. The predicted octanol–water partition coefficient (Wildman–Crippen LogP) is 1.01. The molecule has 5 atom stereocenters. The Morgan fingerprint density at radius 3 is 2.03 bits per heavy atom. The number of imide groups is 1. The molecule has 0 N–H and O–H groups in total. The molecule has 0 bridgehead atoms. The fraction of sp³-hybridized carbons (Fsp3) is 0.435. The highest BCUT2D eigenvalue weighted by Gasteiger charge is 2.57. The van der Waals surface area contributed by atoms with Gasteiger partial charge in [-0.1, -0.05) is 18.2 Å². The van der Waals surface area contributed by atoms with Crippen LogP contribution in [0.25, 0.3) is 0 Å². The van der Waals surface area contributed by atoms with Crippen LogP contribution < -0.4 is 0 Å². The average Bonchev–Trinajstić information content (AvgIpc) is 3.02. The third-order valence-electron chi connectivity index (χ3n) is 5.17. The molecule has 1 aromatic rings. The third-order valence-corrected chi connectivity index (χ3v) is 5.17. The summed E-state index contributed by atoms with van der Waals surface area (Å²) in [7, 11) is 0. The van der Waals surface area contributed by atoms with E-state index in [1.165, 1.54) is 25.1 Å². The Bertz CT molecular complexity index is 970. The minimum absolute atomic E-state index is 0.0460. The van der Waals surface area contributed by atoms with Gasteiger partial charge in [0, 0.05) is 20.8 Å². The van der Waals surface area contributed by atoms with Gasteiger partial charge in [0.25, 0.3) is 11.8 Å². The topological polar surface area (TPSA) is 135 Å². The number of hydrogen-bond acceptors (Lipinski definition) is 10. The Hall–Kier alpha value is -3.57. The van der Waals surface area contributed by atoms with Crippen molar-refractivity contribution in [1.82, 2.24) is 4.90 Å². The number of hydrogen-bond donors (Lipinski definition) is 0. The minimum Gasteiger partial charge on any atom is -0.463 e. The standard InChI is InChI=1S/C23H25NO10/c1-5-10-30-23-18(24-21(28)15-8-6-7-9-16(15)22(24)29)20(33-14(4)27)19(32-13(3)26)17(34-23)11-31-12(2)25/h5-9,17-20,23H,1,10-11H2,2-4H3/t17-,18-,19-,20-,23-/m1/s1. The number of esters is 3. The van der Waals surface area contributed by atoms with Gasteiger partial charge in [0.15, 0.2) is 18.5 Å². The first-order valence-corrected chi connectivity index (χ1v) is 10.5. The van der Waals surface area contributed by atoms with E-state index in [0.29, 0.717) is 0 Å². The zero-order valence-electron chi connectivity index (χ0n) is 18.9. The second-order valence-corrected chi connectivity index (χ2v) is 7.63. The molecule has 182 valence electrons. The number of rotatable bonds is 8. The van der Waals surface area contributed by atoms with Crippen LogP contribution in [-0.4, -0.2) is 78.5 Å². The lowest BCUT2D eigenvalue weighted by Crippen LogP contribution is -2.67. The molecule has 1 saturated heterocycles. The summed E-state index contributed by atoms with van der Waals surface area (Å²) in [5, 5.41) is 0. The van der Waals surface area contributed by atoms with Crippen molar-refractivity contribution in [2.75, 3.05) is 13.2 Å². The summed E-state index contributed by atoms with van der Waals surface area (Å²) in [6.07, 6.45) is -3.73. The lowest BCUT2D eigenvalue weighted by molar-refractivity contribution is -0.283. The normalized spacial score (nSPS) is 26.0. The quantitative estimate of drug-likeness (QED) is 0.232. The van der Waals surface area contributed by atoms with E-state index in [0.717, 1.165) is 18.7 Å². The number of carbonyl (C=O) groups excluding carboxylic acids is 5. The van der Waals surface area contributed by atoms with E-state index in [-0.39, 0.29) is 24.3 Å². The molecule has 0 radical (unpaired) electrons. The van der Waals surface area contributed by atoms with E-state index in [4.69, 9.17) is 23.7 Å². The monoisotopic (exact) mass is 475 g/mol. The summed E-state index contributed by atoms with van der Waals surface area (Å²) in [5.41, 5.74) is 0.310. The van der Waals surface area contributed by atoms with Crippen LogP contribution in [0.5, 0.6) is 0 Å². The van der Waals surface area contributed by atoms with E-state index in [1.807, 2.05) is 0 Å². The molecule has 0 aliphatic carbocycles. The lowest BCUT2D eigenvalue weighted by Gasteiger charge is -2.47. The number of ether oxygens (including phenoxy) is 5. The predicted molar refractivity (Wildman–Crippen MR) is 113 cm³/mol. The summed E-state index contributed by atoms with van der Waals surface area (Å²) in [6.45, 7) is 6.60. The van der Waals surface area contributed by atoms with Crippen LogP contribution in [0.4, 0.5) is 0 Å². The zero-order valence-corrected chi connectivity index (χ0v) is 18.9. The molecule has 0 saturated carbocycles. The molecular weight excluding hydrogens is 450 g/mol. The molecule has 0 spiro atoms. The van der Waals surface area contributed by atoms with Crippen LogP contribution in [0, 0.1) is 0 Å². The van der Waals surface area contributed by atoms with E-state index in [2.05, 4.69) is 6.58 Å². The molecule has 1 fully saturated rings. The molecule has 1 aromatic carbocycles. The summed E-state index contributed by atoms with van der Waals surface area (Å²) in [6, 6.07) is 4.88. The Balaban J connectivity index is 2.09. The largest absolute Gasteiger partial charge is 0.463 e. The van der Waals surface area contributed by atoms with E-state index in [9.17, 15) is 24.0 Å². The first kappa shape index (κ1) is 25.1. The van der Waals surface area contributed by atoms with Gasteiger partial charge >= 0.3 is 17.9 Å². The van der Waals surface area contributed by atoms with Gasteiger partial charge in [-0.15, -0.1) is 6.58 Å². The van der Waals surface area contributed by atoms with E-state index in [1.54, 1.807) is 12.1 Å². The van der Waals surface area contributed by atoms with Crippen molar-refractivity contribution in [3.05, 3.63) is 48.0 Å². The van der Waals surface area contributed by atoms with Crippen molar-refractivity contribution < 1.29 is 47.7 Å². The summed E-state index contributed by atoms with van der Waals surface area (Å²) >= 11 is 0. The second-order valence-electron chi connectivity index (χ2n) is 7.63. The van der Waals surface area contributed by atoms with Crippen LogP contribution in [0.2, 0.25) is 0 Å². The smallest absolute Gasteiger partial charge is 0.303 e. The Morgan fingerprint density at radius 1 is 0.971 bits per heavy atom. The highest BCUT2D eigenvalue weighted by molar-refractivity contribution is 6.21. The molecule has 2 heterocycles. The van der Waals surface area contributed by atoms with Crippen LogP contribution in [0.15, 0.2) is 36.9 Å². The maximum Gasteiger partial charge on any atom is 0.303 e. The molecule has 3 rings (SSSR count). The fourth-order valence-corrected chi connectivity index (χ4v) is 3.94. The van der Waals surface area contributed by atoms with Crippen LogP contribution >= 0.6 is 0 Å². The van der Waals surface area contributed by atoms with Gasteiger partial charge < -0.3 is 23.7 Å². The van der Waals surface area contributed by atoms with E-state index >= 15 is 0 Å². The van der Waals surface area contributed by atoms with Crippen molar-refractivity contribution in [1.29, 1.82) is 0 Å². The van der Waals surface area contributed by atoms with Gasteiger partial charge in [-0.3, -0.25) is 28.9 Å². The molecule has 11 nitrogen and oxygen atoms in total. The van der Waals surface area contributed by atoms with Gasteiger partial charge in [-0.05, 0) is 12.1 Å². The number of benzene rings is 1. The summed E-state index contributed by atoms with van der Waals surface area (Å²) in [5.74, 6) is -3.44. The minimum atomic E-state index is -1.38. The van der Waals surface area contributed by atoms with Crippen molar-refractivity contribution in [3.63, 3.8) is 0 Å². The molecule has 34 heavy (non-hydrogen) atoms. The van der Waals surface area contributed by atoms with Gasteiger partial charge in [0.2, 0.25) is 0 Å². The van der Waals surface area contributed by atoms with Gasteiger partial charge in [-0.25, -0.2) is 0 Å². The second kappa shape index (κ2) is 10.6. The van der Waals surface area contributed by atoms with Crippen molar-refractivity contribution >= 4 is 29.7 Å². The first-order chi connectivity index (χ1) is 16.1. The van der Waals surface area contributed by atoms with Crippen molar-refractivity contribution in [2.45, 2.75) is 51.4 Å². The lowest BCUT2D eigenvalue weighted by atomic mass is 9.94. The average molecular weight is 475 g/mol. The van der Waals surface area contributed by atoms with Crippen LogP contribution in [0.1, 0.15) is 41.5 Å². The summed E-state index contributed by atoms with van der Waals surface area (Å²) < 4.78 is 27.5. The highest BCUT2D eigenvalue weighted by atomic mass is 16.7. The number of carbonyl (C=O) groups is 5. The molecule has 0 aromatic heterocycles. The molecule has 2 aliphatic heterocycles. The summed E-state index contributed by atoms with van der Waals surface area (Å²) in [4.78, 5) is 62.7. The molecule has 11 heteroatoms. The Kier molecular flexibility index (Phi) is 7.79. The first-order valence-electron chi connectivity index (χ1n) is 10.5. The Morgan fingerprint density at radius 2 is 1.53 bits per heavy atom. The molecule has 2 aliphatic rings. The molecule has 0 unspecified atom stereocenters. The van der Waals surface area contributed by atoms with Gasteiger partial charge in [-0.2, -0.15) is 0 Å². The van der Waals surface area contributed by atoms with Crippen molar-refractivity contribution in [2.24, 2.45) is 0 Å². The van der Waals surface area contributed by atoms with Gasteiger partial charge in [0.1, 0.15) is 18.8 Å². The zero-order chi connectivity index (χ0) is 25.0. The molecule has 2 amide bonds. The number of nitrogens with zero attached hydrogens (tertiary/aromatic N) is 1. The van der Waals surface area contributed by atoms with Gasteiger partial charge in [0.05, 0.1) is 17.7 Å². The van der Waals surface area contributed by atoms with E-state index < -0.39 is 60.4 Å². The van der Waals surface area contributed by atoms with Crippen LogP contribution in [0.3, 0.4) is 0 Å². The SMILES string of the molecule is C=CCO[C@@H]1O[C@H](COC(C)=O)[C@@H](OC(C)=O)[C@H](OC(C)=O)[C@H]1N1C(=O)c2ccccc2C1=O. The molecular formula is C23H25NO10. The van der Waals surface area contributed by atoms with Crippen LogP contribution in [-0.2, 0) is 38.1 Å². The third kappa shape index (κ3) is 5.15. The number of fused-ring (bicyclic) bond motifs is 1. The van der Waals surface area contributed by atoms with Crippen molar-refractivity contribution in [3.8, 4) is 0 Å².